The molecule has 6 nitrogen and oxygen atoms in total. The van der Waals surface area contributed by atoms with Crippen LogP contribution in [-0.4, -0.2) is 39.4 Å². The molecule has 0 aliphatic rings. The number of carbonyl (C=O) groups is 1. The largest absolute Gasteiger partial charge is 0.494 e. The standard InChI is InChI=1S/C20H24N4O2S/c1-3-5-10-21-19(25)14-27-20-18-13-17(23-24(18)12-11-22-20)15-6-8-16(9-7-15)26-4-2/h6-9,11-13H,3-5,10,14H2,1-2H3,(H,21,25). The molecule has 0 fully saturated rings. The van der Waals surface area contributed by atoms with Crippen molar-refractivity contribution in [2.45, 2.75) is 31.7 Å². The SMILES string of the molecule is CCCCNC(=O)CSc1nccn2nc(-c3ccc(OCC)cc3)cc12. The lowest BCUT2D eigenvalue weighted by Crippen LogP contribution is -2.26. The minimum Gasteiger partial charge on any atom is -0.494 e. The summed E-state index contributed by atoms with van der Waals surface area (Å²) in [6.07, 6.45) is 5.59. The number of carbonyl (C=O) groups excluding carboxylic acids is 1. The second-order valence-electron chi connectivity index (χ2n) is 6.04. The van der Waals surface area contributed by atoms with Gasteiger partial charge in [-0.05, 0) is 43.7 Å². The molecule has 27 heavy (non-hydrogen) atoms. The number of fused-ring (bicyclic) bond motifs is 1. The number of thioether (sulfide) groups is 1. The average Bonchev–Trinajstić information content (AvgIpc) is 3.12. The summed E-state index contributed by atoms with van der Waals surface area (Å²) in [6.45, 7) is 5.44. The van der Waals surface area contributed by atoms with Gasteiger partial charge < -0.3 is 10.1 Å². The lowest BCUT2D eigenvalue weighted by atomic mass is 10.1. The fourth-order valence-corrected chi connectivity index (χ4v) is 3.43. The number of benzene rings is 1. The van der Waals surface area contributed by atoms with Crippen molar-refractivity contribution in [2.75, 3.05) is 18.9 Å². The van der Waals surface area contributed by atoms with Gasteiger partial charge in [0.15, 0.2) is 0 Å². The molecule has 3 aromatic rings. The zero-order valence-electron chi connectivity index (χ0n) is 15.6. The molecule has 7 heteroatoms. The number of amides is 1. The van der Waals surface area contributed by atoms with Gasteiger partial charge in [0.05, 0.1) is 23.6 Å². The quantitative estimate of drug-likeness (QED) is 0.449. The highest BCUT2D eigenvalue weighted by molar-refractivity contribution is 8.00. The molecule has 1 aromatic carbocycles. The van der Waals surface area contributed by atoms with Gasteiger partial charge in [-0.3, -0.25) is 4.79 Å². The highest BCUT2D eigenvalue weighted by atomic mass is 32.2. The van der Waals surface area contributed by atoms with Gasteiger partial charge in [-0.1, -0.05) is 25.1 Å². The lowest BCUT2D eigenvalue weighted by Gasteiger charge is -2.04. The molecule has 0 saturated heterocycles. The second kappa shape index (κ2) is 9.41. The highest BCUT2D eigenvalue weighted by Crippen LogP contribution is 2.27. The third-order valence-electron chi connectivity index (χ3n) is 4.01. The Morgan fingerprint density at radius 3 is 2.81 bits per heavy atom. The molecule has 0 unspecified atom stereocenters. The average molecular weight is 385 g/mol. The Bertz CT molecular complexity index is 893. The molecule has 1 N–H and O–H groups in total. The van der Waals surface area contributed by atoms with Crippen molar-refractivity contribution < 1.29 is 9.53 Å². The molecular weight excluding hydrogens is 360 g/mol. The maximum absolute atomic E-state index is 11.9. The van der Waals surface area contributed by atoms with E-state index >= 15 is 0 Å². The molecule has 0 saturated carbocycles. The van der Waals surface area contributed by atoms with E-state index in [9.17, 15) is 4.79 Å². The van der Waals surface area contributed by atoms with E-state index in [1.54, 1.807) is 10.7 Å². The summed E-state index contributed by atoms with van der Waals surface area (Å²) < 4.78 is 7.29. The van der Waals surface area contributed by atoms with E-state index in [4.69, 9.17) is 4.74 Å². The summed E-state index contributed by atoms with van der Waals surface area (Å²) >= 11 is 1.43. The zero-order chi connectivity index (χ0) is 19.1. The van der Waals surface area contributed by atoms with Gasteiger partial charge >= 0.3 is 0 Å². The van der Waals surface area contributed by atoms with E-state index in [2.05, 4.69) is 22.3 Å². The Hall–Kier alpha value is -2.54. The topological polar surface area (TPSA) is 68.5 Å². The second-order valence-corrected chi connectivity index (χ2v) is 7.01. The number of aromatic nitrogens is 3. The number of hydrogen-bond donors (Lipinski definition) is 1. The first-order valence-corrected chi connectivity index (χ1v) is 10.2. The summed E-state index contributed by atoms with van der Waals surface area (Å²) in [5, 5.41) is 8.35. The maximum Gasteiger partial charge on any atom is 0.230 e. The number of unbranched alkanes of at least 4 members (excludes halogenated alkanes) is 1. The van der Waals surface area contributed by atoms with Gasteiger partial charge in [0.1, 0.15) is 10.8 Å². The Labute approximate surface area is 163 Å². The first kappa shape index (κ1) is 19.2. The van der Waals surface area contributed by atoms with Crippen LogP contribution in [-0.2, 0) is 4.79 Å². The molecule has 0 aliphatic heterocycles. The smallest absolute Gasteiger partial charge is 0.230 e. The van der Waals surface area contributed by atoms with Crippen LogP contribution < -0.4 is 10.1 Å². The van der Waals surface area contributed by atoms with Crippen molar-refractivity contribution in [3.8, 4) is 17.0 Å². The number of ether oxygens (including phenoxy) is 1. The summed E-state index contributed by atoms with van der Waals surface area (Å²) in [6, 6.07) is 9.87. The predicted octanol–water partition coefficient (Wildman–Crippen LogP) is 3.80. The molecule has 0 aliphatic carbocycles. The van der Waals surface area contributed by atoms with Crippen molar-refractivity contribution in [1.29, 1.82) is 0 Å². The Morgan fingerprint density at radius 1 is 1.26 bits per heavy atom. The van der Waals surface area contributed by atoms with Gasteiger partial charge in [0, 0.05) is 24.5 Å². The molecule has 0 bridgehead atoms. The molecule has 3 rings (SSSR count). The van der Waals surface area contributed by atoms with Crippen LogP contribution in [0, 0.1) is 0 Å². The lowest BCUT2D eigenvalue weighted by molar-refractivity contribution is -0.118. The summed E-state index contributed by atoms with van der Waals surface area (Å²) in [7, 11) is 0. The van der Waals surface area contributed by atoms with E-state index in [1.165, 1.54) is 11.8 Å². The minimum absolute atomic E-state index is 0.0310. The van der Waals surface area contributed by atoms with E-state index in [1.807, 2.05) is 43.5 Å². The van der Waals surface area contributed by atoms with Crippen molar-refractivity contribution in [3.05, 3.63) is 42.7 Å². The summed E-state index contributed by atoms with van der Waals surface area (Å²) in [5.41, 5.74) is 2.77. The van der Waals surface area contributed by atoms with Crippen molar-refractivity contribution in [3.63, 3.8) is 0 Å². The molecule has 0 spiro atoms. The first-order valence-electron chi connectivity index (χ1n) is 9.18. The van der Waals surface area contributed by atoms with Crippen LogP contribution in [0.25, 0.3) is 16.8 Å². The van der Waals surface area contributed by atoms with E-state index in [0.717, 1.165) is 46.9 Å². The third-order valence-corrected chi connectivity index (χ3v) is 5.00. The van der Waals surface area contributed by atoms with Crippen LogP contribution in [0.5, 0.6) is 5.75 Å². The van der Waals surface area contributed by atoms with Gasteiger partial charge in [-0.2, -0.15) is 5.10 Å². The van der Waals surface area contributed by atoms with Crippen LogP contribution in [0.4, 0.5) is 0 Å². The number of hydrogen-bond acceptors (Lipinski definition) is 5. The van der Waals surface area contributed by atoms with Gasteiger partial charge in [0.25, 0.3) is 0 Å². The molecule has 142 valence electrons. The molecule has 1 amide bonds. The van der Waals surface area contributed by atoms with Gasteiger partial charge in [0.2, 0.25) is 5.91 Å². The van der Waals surface area contributed by atoms with Crippen LogP contribution in [0.1, 0.15) is 26.7 Å². The highest BCUT2D eigenvalue weighted by Gasteiger charge is 2.11. The first-order chi connectivity index (χ1) is 13.2. The summed E-state index contributed by atoms with van der Waals surface area (Å²) in [4.78, 5) is 16.4. The van der Waals surface area contributed by atoms with Crippen LogP contribution in [0.15, 0.2) is 47.8 Å². The Kier molecular flexibility index (Phi) is 6.70. The fourth-order valence-electron chi connectivity index (χ4n) is 2.63. The van der Waals surface area contributed by atoms with Gasteiger partial charge in [-0.15, -0.1) is 0 Å². The summed E-state index contributed by atoms with van der Waals surface area (Å²) in [5.74, 6) is 1.22. The molecule has 2 heterocycles. The Morgan fingerprint density at radius 2 is 2.07 bits per heavy atom. The molecular formula is C20H24N4O2S. The number of nitrogens with zero attached hydrogens (tertiary/aromatic N) is 3. The van der Waals surface area contributed by atoms with E-state index in [-0.39, 0.29) is 5.91 Å². The number of nitrogens with one attached hydrogen (secondary N) is 1. The maximum atomic E-state index is 11.9. The van der Waals surface area contributed by atoms with Crippen LogP contribution in [0.3, 0.4) is 0 Å². The van der Waals surface area contributed by atoms with Crippen molar-refractivity contribution in [1.82, 2.24) is 19.9 Å². The fraction of sp³-hybridized carbons (Fsp3) is 0.350. The van der Waals surface area contributed by atoms with Crippen molar-refractivity contribution in [2.24, 2.45) is 0 Å². The van der Waals surface area contributed by atoms with Crippen LogP contribution >= 0.6 is 11.8 Å². The molecule has 0 atom stereocenters. The zero-order valence-corrected chi connectivity index (χ0v) is 16.5. The molecule has 2 aromatic heterocycles. The van der Waals surface area contributed by atoms with Crippen LogP contribution in [0.2, 0.25) is 0 Å². The number of rotatable bonds is 9. The van der Waals surface area contributed by atoms with Crippen molar-refractivity contribution >= 4 is 23.2 Å². The third kappa shape index (κ3) is 5.01. The van der Waals surface area contributed by atoms with Gasteiger partial charge in [-0.25, -0.2) is 9.50 Å². The predicted molar refractivity (Wildman–Crippen MR) is 108 cm³/mol. The molecule has 0 radical (unpaired) electrons. The Balaban J connectivity index is 1.73. The van der Waals surface area contributed by atoms with E-state index < -0.39 is 0 Å². The monoisotopic (exact) mass is 384 g/mol. The minimum atomic E-state index is 0.0310. The normalized spacial score (nSPS) is 10.9. The van der Waals surface area contributed by atoms with E-state index in [0.29, 0.717) is 12.4 Å².